The summed E-state index contributed by atoms with van der Waals surface area (Å²) in [7, 11) is 0. The minimum atomic E-state index is -0.319. The van der Waals surface area contributed by atoms with Crippen molar-refractivity contribution in [3.05, 3.63) is 21.3 Å². The fourth-order valence-electron chi connectivity index (χ4n) is 0.539. The molecule has 0 aliphatic carbocycles. The average Bonchev–Trinajstić information content (AvgIpc) is 2.10. The van der Waals surface area contributed by atoms with Crippen molar-refractivity contribution in [2.75, 3.05) is 0 Å². The highest BCUT2D eigenvalue weighted by Crippen LogP contribution is 2.04. The van der Waals surface area contributed by atoms with Crippen LogP contribution < -0.4 is 11.4 Å². The summed E-state index contributed by atoms with van der Waals surface area (Å²) in [6.45, 7) is 0.248. The molecule has 1 aromatic rings. The van der Waals surface area contributed by atoms with Gasteiger partial charge in [0.25, 0.3) is 0 Å². The lowest BCUT2D eigenvalue weighted by Crippen LogP contribution is -2.03. The summed E-state index contributed by atoms with van der Waals surface area (Å²) >= 11 is 5.48. The first kappa shape index (κ1) is 6.38. The maximum atomic E-state index is 10.4. The third-order valence-corrected chi connectivity index (χ3v) is 1.28. The maximum absolute atomic E-state index is 10.4. The van der Waals surface area contributed by atoms with Crippen LogP contribution >= 0.6 is 11.6 Å². The molecular weight excluding hydrogens is 142 g/mol. The lowest BCUT2D eigenvalue weighted by molar-refractivity contribution is 1.00. The summed E-state index contributed by atoms with van der Waals surface area (Å²) in [6, 6.07) is 0. The molecule has 0 unspecified atom stereocenters. The zero-order chi connectivity index (χ0) is 6.85. The number of rotatable bonds is 1. The SMILES string of the molecule is NCc1[nH]c(=O)[nH]c1Cl. The van der Waals surface area contributed by atoms with E-state index in [0.29, 0.717) is 10.8 Å². The van der Waals surface area contributed by atoms with Crippen molar-refractivity contribution in [1.82, 2.24) is 9.97 Å². The normalized spacial score (nSPS) is 10.0. The number of H-pyrrole nitrogens is 2. The number of halogens is 1. The maximum Gasteiger partial charge on any atom is 0.324 e. The van der Waals surface area contributed by atoms with Crippen molar-refractivity contribution in [1.29, 1.82) is 0 Å². The zero-order valence-corrected chi connectivity index (χ0v) is 5.33. The molecule has 0 amide bonds. The van der Waals surface area contributed by atoms with Gasteiger partial charge in [-0.25, -0.2) is 4.79 Å². The molecule has 0 radical (unpaired) electrons. The molecule has 4 N–H and O–H groups in total. The highest BCUT2D eigenvalue weighted by atomic mass is 35.5. The van der Waals surface area contributed by atoms with E-state index in [-0.39, 0.29) is 12.2 Å². The lowest BCUT2D eigenvalue weighted by atomic mass is 10.5. The summed E-state index contributed by atoms with van der Waals surface area (Å²) in [5.41, 5.74) is 5.41. The Labute approximate surface area is 56.0 Å². The molecule has 0 atom stereocenters. The molecule has 0 aliphatic rings. The molecular formula is C4H6ClN3O. The highest BCUT2D eigenvalue weighted by Gasteiger charge is 1.99. The number of aromatic nitrogens is 2. The van der Waals surface area contributed by atoms with Gasteiger partial charge in [0.2, 0.25) is 0 Å². The second-order valence-electron chi connectivity index (χ2n) is 1.58. The summed E-state index contributed by atoms with van der Waals surface area (Å²) in [5, 5.41) is 0.294. The zero-order valence-electron chi connectivity index (χ0n) is 4.57. The number of hydrogen-bond donors (Lipinski definition) is 3. The highest BCUT2D eigenvalue weighted by molar-refractivity contribution is 6.30. The Kier molecular flexibility index (Phi) is 1.59. The van der Waals surface area contributed by atoms with E-state index in [0.717, 1.165) is 0 Å². The van der Waals surface area contributed by atoms with Crippen LogP contribution in [-0.2, 0) is 6.54 Å². The Bertz CT molecular complexity index is 251. The summed E-state index contributed by atoms with van der Waals surface area (Å²) < 4.78 is 0. The van der Waals surface area contributed by atoms with E-state index in [4.69, 9.17) is 17.3 Å². The molecule has 1 aromatic heterocycles. The van der Waals surface area contributed by atoms with Gasteiger partial charge in [-0.15, -0.1) is 0 Å². The molecule has 0 aromatic carbocycles. The minimum absolute atomic E-state index is 0.248. The van der Waals surface area contributed by atoms with Gasteiger partial charge < -0.3 is 10.7 Å². The van der Waals surface area contributed by atoms with Crippen molar-refractivity contribution in [2.24, 2.45) is 5.73 Å². The van der Waals surface area contributed by atoms with E-state index in [9.17, 15) is 4.79 Å². The van der Waals surface area contributed by atoms with Crippen LogP contribution in [0.4, 0.5) is 0 Å². The van der Waals surface area contributed by atoms with Gasteiger partial charge in [-0.05, 0) is 0 Å². The molecule has 0 spiro atoms. The molecule has 0 bridgehead atoms. The van der Waals surface area contributed by atoms with Crippen LogP contribution in [0, 0.1) is 0 Å². The topological polar surface area (TPSA) is 74.7 Å². The molecule has 1 rings (SSSR count). The summed E-state index contributed by atoms with van der Waals surface area (Å²) in [4.78, 5) is 15.2. The second-order valence-corrected chi connectivity index (χ2v) is 1.95. The number of nitrogens with two attached hydrogens (primary N) is 1. The Morgan fingerprint density at radius 2 is 2.22 bits per heavy atom. The van der Waals surface area contributed by atoms with E-state index >= 15 is 0 Å². The molecule has 5 heteroatoms. The van der Waals surface area contributed by atoms with E-state index in [1.165, 1.54) is 0 Å². The average molecular weight is 148 g/mol. The van der Waals surface area contributed by atoms with Crippen molar-refractivity contribution >= 4 is 11.6 Å². The summed E-state index contributed by atoms with van der Waals surface area (Å²) in [5.74, 6) is 0. The van der Waals surface area contributed by atoms with Crippen LogP contribution in [0.2, 0.25) is 5.15 Å². The number of imidazole rings is 1. The van der Waals surface area contributed by atoms with E-state index in [2.05, 4.69) is 9.97 Å². The predicted octanol–water partition coefficient (Wildman–Crippen LogP) is -0.185. The predicted molar refractivity (Wildman–Crippen MR) is 34.3 cm³/mol. The van der Waals surface area contributed by atoms with Crippen molar-refractivity contribution in [3.63, 3.8) is 0 Å². The monoisotopic (exact) mass is 147 g/mol. The smallest absolute Gasteiger partial charge is 0.324 e. The van der Waals surface area contributed by atoms with Crippen LogP contribution in [0.5, 0.6) is 0 Å². The first-order valence-electron chi connectivity index (χ1n) is 2.40. The number of aromatic amines is 2. The third-order valence-electron chi connectivity index (χ3n) is 0.957. The number of hydrogen-bond acceptors (Lipinski definition) is 2. The molecule has 4 nitrogen and oxygen atoms in total. The molecule has 9 heavy (non-hydrogen) atoms. The molecule has 1 heterocycles. The van der Waals surface area contributed by atoms with Gasteiger partial charge in [0.1, 0.15) is 5.15 Å². The van der Waals surface area contributed by atoms with E-state index < -0.39 is 0 Å². The van der Waals surface area contributed by atoms with Crippen molar-refractivity contribution in [2.45, 2.75) is 6.54 Å². The minimum Gasteiger partial charge on any atom is -0.325 e. The lowest BCUT2D eigenvalue weighted by Gasteiger charge is -1.85. The van der Waals surface area contributed by atoms with Crippen molar-refractivity contribution < 1.29 is 0 Å². The van der Waals surface area contributed by atoms with Gasteiger partial charge in [-0.3, -0.25) is 4.98 Å². The first-order valence-corrected chi connectivity index (χ1v) is 2.78. The quantitative estimate of drug-likeness (QED) is 0.515. The van der Waals surface area contributed by atoms with Gasteiger partial charge in [0, 0.05) is 6.54 Å². The van der Waals surface area contributed by atoms with Crippen LogP contribution in [0.15, 0.2) is 4.79 Å². The molecule has 0 saturated heterocycles. The van der Waals surface area contributed by atoms with Crippen molar-refractivity contribution in [3.8, 4) is 0 Å². The second kappa shape index (κ2) is 2.24. The Hall–Kier alpha value is -0.740. The fraction of sp³-hybridized carbons (Fsp3) is 0.250. The Morgan fingerprint density at radius 3 is 2.44 bits per heavy atom. The fourth-order valence-corrected chi connectivity index (χ4v) is 0.749. The van der Waals surface area contributed by atoms with Gasteiger partial charge in [0.05, 0.1) is 5.69 Å². The Balaban J connectivity index is 3.16. The number of nitrogens with one attached hydrogen (secondary N) is 2. The summed E-state index contributed by atoms with van der Waals surface area (Å²) in [6.07, 6.45) is 0. The van der Waals surface area contributed by atoms with Gasteiger partial charge in [-0.2, -0.15) is 0 Å². The first-order chi connectivity index (χ1) is 4.24. The van der Waals surface area contributed by atoms with E-state index in [1.54, 1.807) is 0 Å². The molecule has 50 valence electrons. The van der Waals surface area contributed by atoms with E-state index in [1.807, 2.05) is 0 Å². The van der Waals surface area contributed by atoms with Crippen LogP contribution in [0.1, 0.15) is 5.69 Å². The van der Waals surface area contributed by atoms with Gasteiger partial charge in [0.15, 0.2) is 0 Å². The standard InChI is InChI=1S/C4H6ClN3O/c5-3-2(1-6)7-4(9)8-3/h1,6H2,(H2,7,8,9). The van der Waals surface area contributed by atoms with Crippen LogP contribution in [0.25, 0.3) is 0 Å². The largest absolute Gasteiger partial charge is 0.325 e. The van der Waals surface area contributed by atoms with Gasteiger partial charge in [-0.1, -0.05) is 11.6 Å². The van der Waals surface area contributed by atoms with Gasteiger partial charge >= 0.3 is 5.69 Å². The third kappa shape index (κ3) is 1.14. The molecule has 0 saturated carbocycles. The van der Waals surface area contributed by atoms with Crippen LogP contribution in [0.3, 0.4) is 0 Å². The molecule has 0 fully saturated rings. The Morgan fingerprint density at radius 1 is 1.56 bits per heavy atom. The van der Waals surface area contributed by atoms with Crippen LogP contribution in [-0.4, -0.2) is 9.97 Å². The molecule has 0 aliphatic heterocycles.